The summed E-state index contributed by atoms with van der Waals surface area (Å²) in [6.45, 7) is 3.93. The third-order valence-electron chi connectivity index (χ3n) is 6.40. The zero-order chi connectivity index (χ0) is 25.4. The summed E-state index contributed by atoms with van der Waals surface area (Å²) in [4.78, 5) is 46.1. The number of nitro groups is 1. The molecule has 11 heteroatoms. The Morgan fingerprint density at radius 3 is 2.47 bits per heavy atom. The zero-order valence-electron chi connectivity index (χ0n) is 19.4. The van der Waals surface area contributed by atoms with E-state index >= 15 is 0 Å². The van der Waals surface area contributed by atoms with E-state index in [1.165, 1.54) is 40.4 Å². The van der Waals surface area contributed by atoms with Crippen molar-refractivity contribution in [3.63, 3.8) is 0 Å². The number of hydrogen-bond acceptors (Lipinski definition) is 7. The van der Waals surface area contributed by atoms with Gasteiger partial charge in [-0.3, -0.25) is 24.3 Å². The third kappa shape index (κ3) is 4.33. The van der Waals surface area contributed by atoms with Gasteiger partial charge in [0.1, 0.15) is 10.6 Å². The second kappa shape index (κ2) is 9.50. The highest BCUT2D eigenvalue weighted by atomic mass is 32.1. The van der Waals surface area contributed by atoms with E-state index in [1.807, 2.05) is 0 Å². The molecule has 0 saturated carbocycles. The lowest BCUT2D eigenvalue weighted by atomic mass is 10.1. The molecule has 5 rings (SSSR count). The van der Waals surface area contributed by atoms with Gasteiger partial charge in [-0.2, -0.15) is 0 Å². The highest BCUT2D eigenvalue weighted by Gasteiger charge is 2.27. The molecule has 0 N–H and O–H groups in total. The van der Waals surface area contributed by atoms with Crippen LogP contribution in [0.25, 0.3) is 10.2 Å². The van der Waals surface area contributed by atoms with Crippen molar-refractivity contribution >= 4 is 38.8 Å². The Kier molecular flexibility index (Phi) is 6.23. The summed E-state index contributed by atoms with van der Waals surface area (Å²) in [7, 11) is 0. The summed E-state index contributed by atoms with van der Waals surface area (Å²) in [5.41, 5.74) is 1.56. The van der Waals surface area contributed by atoms with E-state index in [1.54, 1.807) is 42.2 Å². The van der Waals surface area contributed by atoms with Gasteiger partial charge in [0.05, 0.1) is 28.1 Å². The minimum atomic E-state index is -0.433. The van der Waals surface area contributed by atoms with Crippen molar-refractivity contribution in [3.05, 3.63) is 97.1 Å². The maximum Gasteiger partial charge on any atom is 0.269 e. The van der Waals surface area contributed by atoms with Crippen molar-refractivity contribution in [2.75, 3.05) is 31.1 Å². The number of rotatable bonds is 5. The number of amides is 1. The Bertz CT molecular complexity index is 1520. The van der Waals surface area contributed by atoms with Crippen molar-refractivity contribution < 1.29 is 14.1 Å². The lowest BCUT2D eigenvalue weighted by Crippen LogP contribution is -2.48. The molecule has 0 aliphatic carbocycles. The van der Waals surface area contributed by atoms with Crippen molar-refractivity contribution in [1.29, 1.82) is 0 Å². The van der Waals surface area contributed by atoms with Gasteiger partial charge in [-0.1, -0.05) is 18.2 Å². The Balaban J connectivity index is 1.33. The van der Waals surface area contributed by atoms with Crippen LogP contribution in [0.1, 0.15) is 20.8 Å². The summed E-state index contributed by atoms with van der Waals surface area (Å²) in [5.74, 6) is -0.547. The molecule has 1 aliphatic heterocycles. The number of anilines is 1. The first-order chi connectivity index (χ1) is 17.3. The number of hydrogen-bond donors (Lipinski definition) is 0. The summed E-state index contributed by atoms with van der Waals surface area (Å²) in [6.07, 6.45) is 1.39. The lowest BCUT2D eigenvalue weighted by Gasteiger charge is -2.36. The number of aryl methyl sites for hydroxylation is 1. The number of fused-ring (bicyclic) bond motifs is 1. The van der Waals surface area contributed by atoms with Crippen molar-refractivity contribution in [2.24, 2.45) is 0 Å². The summed E-state index contributed by atoms with van der Waals surface area (Å²) in [5, 5.41) is 11.3. The Morgan fingerprint density at radius 2 is 1.81 bits per heavy atom. The first kappa shape index (κ1) is 23.6. The standard InChI is InChI=1S/C25H22FN5O4S/c1-16-21-23(27-15-30(24(21)32)14-17-4-2-3-5-20(17)26)36-22(16)25(33)29-12-10-28(11-13-29)18-6-8-19(9-7-18)31(34)35/h2-9,15H,10-14H2,1H3. The van der Waals surface area contributed by atoms with E-state index in [-0.39, 0.29) is 23.7 Å². The van der Waals surface area contributed by atoms with Gasteiger partial charge in [0, 0.05) is 49.6 Å². The Morgan fingerprint density at radius 1 is 1.11 bits per heavy atom. The number of carbonyl (C=O) groups is 1. The predicted molar refractivity (Wildman–Crippen MR) is 135 cm³/mol. The largest absolute Gasteiger partial charge is 0.368 e. The molecule has 1 saturated heterocycles. The number of nitro benzene ring substituents is 1. The van der Waals surface area contributed by atoms with Crippen LogP contribution in [-0.2, 0) is 6.54 Å². The molecule has 2 aromatic heterocycles. The van der Waals surface area contributed by atoms with E-state index in [0.717, 1.165) is 5.69 Å². The Labute approximate surface area is 209 Å². The second-order valence-corrected chi connectivity index (χ2v) is 9.56. The molecular weight excluding hydrogens is 485 g/mol. The Hall–Kier alpha value is -4.12. The molecule has 2 aromatic carbocycles. The van der Waals surface area contributed by atoms with Crippen LogP contribution in [0.5, 0.6) is 0 Å². The minimum absolute atomic E-state index is 0.0365. The number of nitrogens with zero attached hydrogens (tertiary/aromatic N) is 5. The van der Waals surface area contributed by atoms with Crippen LogP contribution >= 0.6 is 11.3 Å². The molecule has 0 bridgehead atoms. The first-order valence-corrected chi connectivity index (χ1v) is 12.2. The molecular formula is C25H22FN5O4S. The first-order valence-electron chi connectivity index (χ1n) is 11.3. The average Bonchev–Trinajstić information content (AvgIpc) is 3.23. The molecule has 3 heterocycles. The van der Waals surface area contributed by atoms with Crippen molar-refractivity contribution in [2.45, 2.75) is 13.5 Å². The fourth-order valence-electron chi connectivity index (χ4n) is 4.38. The zero-order valence-corrected chi connectivity index (χ0v) is 20.2. The molecule has 1 amide bonds. The van der Waals surface area contributed by atoms with Gasteiger partial charge in [-0.15, -0.1) is 11.3 Å². The number of non-ortho nitro benzene ring substituents is 1. The van der Waals surface area contributed by atoms with Crippen LogP contribution in [0.15, 0.2) is 59.7 Å². The van der Waals surface area contributed by atoms with E-state index in [4.69, 9.17) is 0 Å². The van der Waals surface area contributed by atoms with Gasteiger partial charge in [-0.25, -0.2) is 9.37 Å². The van der Waals surface area contributed by atoms with E-state index in [2.05, 4.69) is 9.88 Å². The SMILES string of the molecule is Cc1c(C(=O)N2CCN(c3ccc([N+](=O)[O-])cc3)CC2)sc2ncn(Cc3ccccc3F)c(=O)c12. The number of aromatic nitrogens is 2. The maximum absolute atomic E-state index is 14.1. The smallest absolute Gasteiger partial charge is 0.269 e. The number of benzene rings is 2. The molecule has 1 fully saturated rings. The van der Waals surface area contributed by atoms with Gasteiger partial charge >= 0.3 is 0 Å². The van der Waals surface area contributed by atoms with Crippen LogP contribution in [-0.4, -0.2) is 51.5 Å². The van der Waals surface area contributed by atoms with Gasteiger partial charge in [0.25, 0.3) is 17.2 Å². The second-order valence-electron chi connectivity index (χ2n) is 8.56. The molecule has 0 atom stereocenters. The molecule has 36 heavy (non-hydrogen) atoms. The van der Waals surface area contributed by atoms with E-state index < -0.39 is 10.7 Å². The minimum Gasteiger partial charge on any atom is -0.368 e. The lowest BCUT2D eigenvalue weighted by molar-refractivity contribution is -0.384. The van der Waals surface area contributed by atoms with Crippen molar-refractivity contribution in [3.8, 4) is 0 Å². The quantitative estimate of drug-likeness (QED) is 0.301. The van der Waals surface area contributed by atoms with Crippen LogP contribution in [0, 0.1) is 22.9 Å². The predicted octanol–water partition coefficient (Wildman–Crippen LogP) is 3.82. The van der Waals surface area contributed by atoms with Gasteiger partial charge in [0.15, 0.2) is 0 Å². The van der Waals surface area contributed by atoms with Crippen LogP contribution in [0.4, 0.5) is 15.8 Å². The number of carbonyl (C=O) groups excluding carboxylic acids is 1. The molecule has 0 unspecified atom stereocenters. The fourth-order valence-corrected chi connectivity index (χ4v) is 5.49. The van der Waals surface area contributed by atoms with Gasteiger partial charge in [-0.05, 0) is 30.7 Å². The summed E-state index contributed by atoms with van der Waals surface area (Å²) < 4.78 is 15.4. The maximum atomic E-state index is 14.1. The molecule has 0 radical (unpaired) electrons. The number of piperazine rings is 1. The van der Waals surface area contributed by atoms with E-state index in [9.17, 15) is 24.1 Å². The summed E-state index contributed by atoms with van der Waals surface area (Å²) >= 11 is 1.19. The molecule has 1 aliphatic rings. The van der Waals surface area contributed by atoms with Crippen LogP contribution in [0.2, 0.25) is 0 Å². The monoisotopic (exact) mass is 507 g/mol. The van der Waals surface area contributed by atoms with Crippen LogP contribution in [0.3, 0.4) is 0 Å². The third-order valence-corrected chi connectivity index (χ3v) is 7.59. The van der Waals surface area contributed by atoms with Gasteiger partial charge < -0.3 is 9.80 Å². The van der Waals surface area contributed by atoms with Crippen molar-refractivity contribution in [1.82, 2.24) is 14.5 Å². The molecule has 184 valence electrons. The van der Waals surface area contributed by atoms with Crippen LogP contribution < -0.4 is 10.5 Å². The average molecular weight is 508 g/mol. The topological polar surface area (TPSA) is 102 Å². The molecule has 0 spiro atoms. The highest BCUT2D eigenvalue weighted by molar-refractivity contribution is 7.20. The number of thiophene rings is 1. The van der Waals surface area contributed by atoms with Gasteiger partial charge in [0.2, 0.25) is 0 Å². The molecule has 4 aromatic rings. The van der Waals surface area contributed by atoms with E-state index in [0.29, 0.717) is 52.4 Å². The normalized spacial score (nSPS) is 13.8. The highest BCUT2D eigenvalue weighted by Crippen LogP contribution is 2.29. The summed E-state index contributed by atoms with van der Waals surface area (Å²) in [6, 6.07) is 12.6. The fraction of sp³-hybridized carbons (Fsp3) is 0.240. The molecule has 9 nitrogen and oxygen atoms in total. The number of halogens is 1.